The zero-order chi connectivity index (χ0) is 17.8. The molecule has 0 aliphatic heterocycles. The van der Waals surface area contributed by atoms with Gasteiger partial charge in [-0.2, -0.15) is 0 Å². The van der Waals surface area contributed by atoms with Gasteiger partial charge in [0, 0.05) is 19.8 Å². The average Bonchev–Trinajstić information content (AvgIpc) is 2.91. The van der Waals surface area contributed by atoms with Gasteiger partial charge < -0.3 is 4.90 Å². The van der Waals surface area contributed by atoms with Crippen LogP contribution in [0.3, 0.4) is 0 Å². The highest BCUT2D eigenvalue weighted by atomic mass is 16.1. The second kappa shape index (κ2) is 7.09. The first-order chi connectivity index (χ1) is 12.1. The Labute approximate surface area is 146 Å². The number of H-pyrrole nitrogens is 1. The summed E-state index contributed by atoms with van der Waals surface area (Å²) in [4.78, 5) is 14.6. The highest BCUT2D eigenvalue weighted by Gasteiger charge is 2.02. The maximum Gasteiger partial charge on any atom is 0.279 e. The minimum absolute atomic E-state index is 0.108. The molecule has 0 atom stereocenters. The van der Waals surface area contributed by atoms with Crippen LogP contribution in [-0.4, -0.2) is 23.9 Å². The lowest BCUT2D eigenvalue weighted by Crippen LogP contribution is -2.33. The summed E-state index contributed by atoms with van der Waals surface area (Å²) < 4.78 is 1.51. The van der Waals surface area contributed by atoms with Crippen LogP contribution >= 0.6 is 0 Å². The first-order valence-corrected chi connectivity index (χ1v) is 8.07. The van der Waals surface area contributed by atoms with Gasteiger partial charge in [0.2, 0.25) is 0 Å². The second-order valence-corrected chi connectivity index (χ2v) is 5.99. The number of hydrogen-bond donors (Lipinski definition) is 1. The summed E-state index contributed by atoms with van der Waals surface area (Å²) in [6, 6.07) is 17.7. The molecule has 0 bridgehead atoms. The fraction of sp³-hybridized carbons (Fsp3) is 0.0952. The van der Waals surface area contributed by atoms with Crippen LogP contribution in [0.25, 0.3) is 24.4 Å². The third-order valence-electron chi connectivity index (χ3n) is 3.98. The second-order valence-electron chi connectivity index (χ2n) is 5.99. The van der Waals surface area contributed by atoms with E-state index >= 15 is 0 Å². The Morgan fingerprint density at radius 2 is 1.72 bits per heavy atom. The van der Waals surface area contributed by atoms with Crippen LogP contribution in [0.2, 0.25) is 0 Å². The third-order valence-corrected chi connectivity index (χ3v) is 3.98. The van der Waals surface area contributed by atoms with Crippen LogP contribution in [0.5, 0.6) is 0 Å². The number of hydrogen-bond acceptors (Lipinski definition) is 2. The fourth-order valence-corrected chi connectivity index (χ4v) is 2.57. The van der Waals surface area contributed by atoms with E-state index in [-0.39, 0.29) is 5.56 Å². The highest BCUT2D eigenvalue weighted by Crippen LogP contribution is 2.13. The van der Waals surface area contributed by atoms with Gasteiger partial charge in [0.15, 0.2) is 0 Å². The molecular weight excluding hydrogens is 310 g/mol. The lowest BCUT2D eigenvalue weighted by atomic mass is 10.2. The average molecular weight is 331 g/mol. The molecule has 4 heteroatoms. The van der Waals surface area contributed by atoms with Crippen molar-refractivity contribution in [2.24, 2.45) is 0 Å². The molecule has 2 aromatic carbocycles. The molecule has 126 valence electrons. The minimum Gasteiger partial charge on any atom is -0.378 e. The Hall–Kier alpha value is -3.27. The zero-order valence-electron chi connectivity index (χ0n) is 14.4. The molecule has 25 heavy (non-hydrogen) atoms. The van der Waals surface area contributed by atoms with E-state index in [1.165, 1.54) is 4.68 Å². The molecule has 3 rings (SSSR count). The number of aromatic nitrogens is 2. The number of nitrogens with zero attached hydrogens (tertiary/aromatic N) is 2. The Balaban J connectivity index is 1.91. The van der Waals surface area contributed by atoms with Crippen LogP contribution in [0.4, 0.5) is 5.69 Å². The van der Waals surface area contributed by atoms with Gasteiger partial charge in [0.05, 0.1) is 16.3 Å². The van der Waals surface area contributed by atoms with E-state index < -0.39 is 0 Å². The molecule has 3 aromatic rings. The van der Waals surface area contributed by atoms with Crippen molar-refractivity contribution in [1.29, 1.82) is 0 Å². The SMILES string of the molecule is C=c1[nH]n(-c2ccccc2)c(=O)/c1=C/C=Cc1ccc(N(C)C)cc1. The summed E-state index contributed by atoms with van der Waals surface area (Å²) >= 11 is 0. The van der Waals surface area contributed by atoms with Gasteiger partial charge in [-0.25, -0.2) is 4.68 Å². The molecule has 0 unspecified atom stereocenters. The first-order valence-electron chi connectivity index (χ1n) is 8.07. The van der Waals surface area contributed by atoms with Gasteiger partial charge in [0.25, 0.3) is 5.56 Å². The Bertz CT molecular complexity index is 1040. The normalized spacial score (nSPS) is 12.0. The van der Waals surface area contributed by atoms with Crippen LogP contribution < -0.4 is 21.0 Å². The van der Waals surface area contributed by atoms with E-state index in [1.807, 2.05) is 68.7 Å². The number of rotatable bonds is 4. The van der Waals surface area contributed by atoms with Crippen molar-refractivity contribution in [2.75, 3.05) is 19.0 Å². The molecule has 0 radical (unpaired) electrons. The van der Waals surface area contributed by atoms with E-state index in [0.29, 0.717) is 10.6 Å². The topological polar surface area (TPSA) is 41.0 Å². The quantitative estimate of drug-likeness (QED) is 0.796. The summed E-state index contributed by atoms with van der Waals surface area (Å²) in [7, 11) is 4.02. The maximum absolute atomic E-state index is 12.6. The van der Waals surface area contributed by atoms with Crippen LogP contribution in [0.1, 0.15) is 5.56 Å². The third kappa shape index (κ3) is 3.63. The Morgan fingerprint density at radius 3 is 2.36 bits per heavy atom. The largest absolute Gasteiger partial charge is 0.378 e. The Kier molecular flexibility index (Phi) is 4.70. The summed E-state index contributed by atoms with van der Waals surface area (Å²) in [6.45, 7) is 3.94. The monoisotopic (exact) mass is 331 g/mol. The maximum atomic E-state index is 12.6. The molecule has 0 amide bonds. The molecule has 0 aliphatic carbocycles. The number of anilines is 1. The molecule has 4 nitrogen and oxygen atoms in total. The predicted octanol–water partition coefficient (Wildman–Crippen LogP) is 2.14. The number of aromatic amines is 1. The molecule has 0 fully saturated rings. The van der Waals surface area contributed by atoms with Gasteiger partial charge in [-0.1, -0.05) is 49.1 Å². The molecule has 0 saturated carbocycles. The van der Waals surface area contributed by atoms with Crippen LogP contribution in [-0.2, 0) is 0 Å². The molecule has 0 aliphatic rings. The van der Waals surface area contributed by atoms with Crippen molar-refractivity contribution < 1.29 is 0 Å². The smallest absolute Gasteiger partial charge is 0.279 e. The molecular formula is C21H21N3O. The van der Waals surface area contributed by atoms with Gasteiger partial charge in [-0.05, 0) is 35.9 Å². The van der Waals surface area contributed by atoms with Crippen molar-refractivity contribution >= 4 is 24.4 Å². The van der Waals surface area contributed by atoms with Gasteiger partial charge in [0.1, 0.15) is 0 Å². The van der Waals surface area contributed by atoms with E-state index in [2.05, 4.69) is 28.7 Å². The number of para-hydroxylation sites is 1. The van der Waals surface area contributed by atoms with Gasteiger partial charge in [-0.15, -0.1) is 0 Å². The standard InChI is InChI=1S/C21H21N3O/c1-16-20(21(25)24(22-16)19-9-5-4-6-10-19)11-7-8-17-12-14-18(15-13-17)23(2)3/h4-15,22H,1H2,2-3H3/b8-7?,20-11+. The van der Waals surface area contributed by atoms with Gasteiger partial charge in [-0.3, -0.25) is 9.89 Å². The lowest BCUT2D eigenvalue weighted by Gasteiger charge is -2.11. The number of allylic oxidation sites excluding steroid dienone is 1. The number of benzene rings is 2. The summed E-state index contributed by atoms with van der Waals surface area (Å²) in [5.41, 5.74) is 2.91. The molecule has 1 heterocycles. The Morgan fingerprint density at radius 1 is 1.04 bits per heavy atom. The van der Waals surface area contributed by atoms with Crippen molar-refractivity contribution in [3.8, 4) is 5.69 Å². The summed E-state index contributed by atoms with van der Waals surface area (Å²) in [6.07, 6.45) is 5.64. The van der Waals surface area contributed by atoms with E-state index in [0.717, 1.165) is 16.9 Å². The van der Waals surface area contributed by atoms with Crippen molar-refractivity contribution in [3.63, 3.8) is 0 Å². The molecule has 0 spiro atoms. The van der Waals surface area contributed by atoms with Gasteiger partial charge >= 0.3 is 0 Å². The van der Waals surface area contributed by atoms with E-state index in [1.54, 1.807) is 6.08 Å². The van der Waals surface area contributed by atoms with E-state index in [9.17, 15) is 4.79 Å². The molecule has 1 aromatic heterocycles. The fourth-order valence-electron chi connectivity index (χ4n) is 2.57. The first kappa shape index (κ1) is 16.6. The predicted molar refractivity (Wildman–Crippen MR) is 105 cm³/mol. The molecule has 1 N–H and O–H groups in total. The summed E-state index contributed by atoms with van der Waals surface area (Å²) in [5, 5.41) is 4.18. The minimum atomic E-state index is -0.108. The zero-order valence-corrected chi connectivity index (χ0v) is 14.4. The highest BCUT2D eigenvalue weighted by molar-refractivity contribution is 5.60. The summed E-state index contributed by atoms with van der Waals surface area (Å²) in [5.74, 6) is 0. The van der Waals surface area contributed by atoms with Crippen LogP contribution in [0, 0.1) is 0 Å². The number of nitrogens with one attached hydrogen (secondary N) is 1. The van der Waals surface area contributed by atoms with Crippen LogP contribution in [0.15, 0.2) is 65.5 Å². The van der Waals surface area contributed by atoms with Crippen molar-refractivity contribution in [1.82, 2.24) is 9.78 Å². The lowest BCUT2D eigenvalue weighted by molar-refractivity contribution is 0.838. The van der Waals surface area contributed by atoms with Crippen molar-refractivity contribution in [2.45, 2.75) is 0 Å². The van der Waals surface area contributed by atoms with Crippen molar-refractivity contribution in [3.05, 3.63) is 87.2 Å². The molecule has 0 saturated heterocycles. The van der Waals surface area contributed by atoms with E-state index in [4.69, 9.17) is 0 Å².